The second kappa shape index (κ2) is 9.65. The molecule has 1 saturated heterocycles. The van der Waals surface area contributed by atoms with E-state index in [-0.39, 0.29) is 30.9 Å². The first kappa shape index (κ1) is 22.8. The number of carbonyl (C=O) groups excluding carboxylic acids is 2. The molecule has 0 saturated carbocycles. The molecule has 0 bridgehead atoms. The Kier molecular flexibility index (Phi) is 6.67. The molecule has 1 fully saturated rings. The van der Waals surface area contributed by atoms with Gasteiger partial charge in [-0.25, -0.2) is 4.79 Å². The number of hydrogen-bond donors (Lipinski definition) is 2. The van der Waals surface area contributed by atoms with Crippen molar-refractivity contribution >= 4 is 18.0 Å². The topological polar surface area (TPSA) is 95.9 Å². The number of nitrogens with one attached hydrogen (secondary N) is 1. The van der Waals surface area contributed by atoms with Crippen LogP contribution in [0.5, 0.6) is 0 Å². The maximum Gasteiger partial charge on any atom is 0.407 e. The van der Waals surface area contributed by atoms with Crippen LogP contribution in [0, 0.1) is 11.8 Å². The van der Waals surface area contributed by atoms with Crippen LogP contribution in [0.3, 0.4) is 0 Å². The molecule has 0 aromatic heterocycles. The zero-order valence-electron chi connectivity index (χ0n) is 19.0. The van der Waals surface area contributed by atoms with Crippen molar-refractivity contribution in [3.8, 4) is 11.1 Å². The summed E-state index contributed by atoms with van der Waals surface area (Å²) in [5.41, 5.74) is 4.54. The number of hydrogen-bond acceptors (Lipinski definition) is 4. The number of carbonyl (C=O) groups is 3. The Bertz CT molecular complexity index is 1000. The van der Waals surface area contributed by atoms with Gasteiger partial charge in [-0.15, -0.1) is 0 Å². The van der Waals surface area contributed by atoms with E-state index >= 15 is 0 Å². The summed E-state index contributed by atoms with van der Waals surface area (Å²) in [6.45, 7) is 4.54. The first-order valence-corrected chi connectivity index (χ1v) is 11.5. The number of piperidine rings is 1. The molecule has 33 heavy (non-hydrogen) atoms. The lowest BCUT2D eigenvalue weighted by Gasteiger charge is -2.34. The van der Waals surface area contributed by atoms with E-state index in [1.165, 1.54) is 0 Å². The highest BCUT2D eigenvalue weighted by Crippen LogP contribution is 2.44. The van der Waals surface area contributed by atoms with Gasteiger partial charge in [0, 0.05) is 19.0 Å². The summed E-state index contributed by atoms with van der Waals surface area (Å²) in [7, 11) is 0. The first-order chi connectivity index (χ1) is 15.9. The molecule has 0 spiro atoms. The van der Waals surface area contributed by atoms with Crippen LogP contribution in [0.15, 0.2) is 48.5 Å². The van der Waals surface area contributed by atoms with E-state index in [2.05, 4.69) is 29.6 Å². The maximum absolute atomic E-state index is 13.1. The highest BCUT2D eigenvalue weighted by Gasteiger charge is 2.35. The van der Waals surface area contributed by atoms with E-state index in [1.807, 2.05) is 38.1 Å². The van der Waals surface area contributed by atoms with Gasteiger partial charge in [-0.2, -0.15) is 0 Å². The number of fused-ring (bicyclic) bond motifs is 3. The summed E-state index contributed by atoms with van der Waals surface area (Å²) >= 11 is 0. The largest absolute Gasteiger partial charge is 0.481 e. The highest BCUT2D eigenvalue weighted by molar-refractivity contribution is 5.86. The van der Waals surface area contributed by atoms with Crippen molar-refractivity contribution in [3.05, 3.63) is 59.7 Å². The van der Waals surface area contributed by atoms with Gasteiger partial charge in [-0.1, -0.05) is 62.4 Å². The van der Waals surface area contributed by atoms with Gasteiger partial charge in [-0.3, -0.25) is 9.59 Å². The monoisotopic (exact) mass is 450 g/mol. The standard InChI is InChI=1S/C26H30N2O5/c1-16(2)23(24(29)28-13-7-8-17(14-28)25(30)31)27-26(32)33-15-22-20-11-5-3-9-18(20)19-10-4-6-12-21(19)22/h3-6,9-12,16-17,22-23H,7-8,13-15H2,1-2H3,(H,27,32)(H,30,31). The maximum atomic E-state index is 13.1. The van der Waals surface area contributed by atoms with Crippen LogP contribution in [-0.4, -0.2) is 53.7 Å². The summed E-state index contributed by atoms with van der Waals surface area (Å²) in [6, 6.07) is 15.4. The Labute approximate surface area is 193 Å². The van der Waals surface area contributed by atoms with Crippen molar-refractivity contribution in [2.75, 3.05) is 19.7 Å². The van der Waals surface area contributed by atoms with Crippen LogP contribution < -0.4 is 5.32 Å². The first-order valence-electron chi connectivity index (χ1n) is 11.5. The zero-order chi connectivity index (χ0) is 23.5. The summed E-state index contributed by atoms with van der Waals surface area (Å²) in [6.07, 6.45) is 0.555. The summed E-state index contributed by atoms with van der Waals surface area (Å²) in [5, 5.41) is 12.0. The quantitative estimate of drug-likeness (QED) is 0.697. The van der Waals surface area contributed by atoms with Crippen molar-refractivity contribution in [1.29, 1.82) is 0 Å². The number of likely N-dealkylation sites (tertiary alicyclic amines) is 1. The summed E-state index contributed by atoms with van der Waals surface area (Å²) in [4.78, 5) is 38.7. The number of alkyl carbamates (subject to hydrolysis) is 1. The van der Waals surface area contributed by atoms with Crippen molar-refractivity contribution in [2.45, 2.75) is 38.6 Å². The molecule has 1 aliphatic heterocycles. The van der Waals surface area contributed by atoms with Crippen molar-refractivity contribution < 1.29 is 24.2 Å². The van der Waals surface area contributed by atoms with Crippen molar-refractivity contribution in [3.63, 3.8) is 0 Å². The third-order valence-corrected chi connectivity index (χ3v) is 6.63. The molecular formula is C26H30N2O5. The molecule has 2 aliphatic rings. The third-order valence-electron chi connectivity index (χ3n) is 6.63. The Balaban J connectivity index is 1.41. The number of nitrogens with zero attached hydrogens (tertiary/aromatic N) is 1. The van der Waals surface area contributed by atoms with Crippen molar-refractivity contribution in [2.24, 2.45) is 11.8 Å². The molecule has 2 amide bonds. The Hall–Kier alpha value is -3.35. The van der Waals surface area contributed by atoms with E-state index in [9.17, 15) is 19.5 Å². The average Bonchev–Trinajstić information content (AvgIpc) is 3.14. The summed E-state index contributed by atoms with van der Waals surface area (Å²) in [5.74, 6) is -1.94. The lowest BCUT2D eigenvalue weighted by molar-refractivity contribution is -0.146. The number of benzene rings is 2. The van der Waals surface area contributed by atoms with Gasteiger partial charge in [0.25, 0.3) is 0 Å². The number of carboxylic acids is 1. The smallest absolute Gasteiger partial charge is 0.407 e. The van der Waals surface area contributed by atoms with E-state index in [1.54, 1.807) is 4.90 Å². The predicted molar refractivity (Wildman–Crippen MR) is 124 cm³/mol. The number of carboxylic acid groups (broad SMARTS) is 1. The fourth-order valence-electron chi connectivity index (χ4n) is 4.86. The number of amides is 2. The van der Waals surface area contributed by atoms with Crippen LogP contribution in [0.25, 0.3) is 11.1 Å². The van der Waals surface area contributed by atoms with E-state index < -0.39 is 24.0 Å². The average molecular weight is 451 g/mol. The van der Waals surface area contributed by atoms with Gasteiger partial charge in [-0.05, 0) is 41.0 Å². The number of ether oxygens (including phenoxy) is 1. The molecule has 2 N–H and O–H groups in total. The Morgan fingerprint density at radius 3 is 2.24 bits per heavy atom. The van der Waals surface area contributed by atoms with Crippen LogP contribution in [0.2, 0.25) is 0 Å². The van der Waals surface area contributed by atoms with Gasteiger partial charge in [0.05, 0.1) is 5.92 Å². The molecule has 2 aromatic carbocycles. The molecule has 174 valence electrons. The Morgan fingerprint density at radius 1 is 1.06 bits per heavy atom. The molecule has 2 aromatic rings. The molecule has 2 atom stereocenters. The fourth-order valence-corrected chi connectivity index (χ4v) is 4.86. The van der Waals surface area contributed by atoms with Gasteiger partial charge < -0.3 is 20.1 Å². The van der Waals surface area contributed by atoms with Gasteiger partial charge in [0.15, 0.2) is 0 Å². The minimum absolute atomic E-state index is 0.0604. The van der Waals surface area contributed by atoms with E-state index in [0.29, 0.717) is 19.4 Å². The molecule has 7 heteroatoms. The van der Waals surface area contributed by atoms with E-state index in [4.69, 9.17) is 4.74 Å². The van der Waals surface area contributed by atoms with Crippen LogP contribution in [0.4, 0.5) is 4.79 Å². The summed E-state index contributed by atoms with van der Waals surface area (Å²) < 4.78 is 5.60. The van der Waals surface area contributed by atoms with Gasteiger partial charge in [0.1, 0.15) is 12.6 Å². The fraction of sp³-hybridized carbons (Fsp3) is 0.423. The minimum atomic E-state index is -0.891. The van der Waals surface area contributed by atoms with Crippen molar-refractivity contribution in [1.82, 2.24) is 10.2 Å². The zero-order valence-corrected chi connectivity index (χ0v) is 19.0. The van der Waals surface area contributed by atoms with Gasteiger partial charge >= 0.3 is 12.1 Å². The minimum Gasteiger partial charge on any atom is -0.481 e. The lowest BCUT2D eigenvalue weighted by Crippen LogP contribution is -2.54. The molecule has 1 heterocycles. The van der Waals surface area contributed by atoms with Crippen LogP contribution >= 0.6 is 0 Å². The molecular weight excluding hydrogens is 420 g/mol. The molecule has 2 unspecified atom stereocenters. The highest BCUT2D eigenvalue weighted by atomic mass is 16.5. The number of rotatable bonds is 6. The molecule has 7 nitrogen and oxygen atoms in total. The number of aliphatic carboxylic acids is 1. The van der Waals surface area contributed by atoms with E-state index in [0.717, 1.165) is 22.3 Å². The lowest BCUT2D eigenvalue weighted by atomic mass is 9.96. The Morgan fingerprint density at radius 2 is 1.67 bits per heavy atom. The third kappa shape index (κ3) is 4.72. The van der Waals surface area contributed by atoms with Crippen LogP contribution in [-0.2, 0) is 14.3 Å². The molecule has 4 rings (SSSR count). The second-order valence-corrected chi connectivity index (χ2v) is 9.15. The molecule has 0 radical (unpaired) electrons. The van der Waals surface area contributed by atoms with Gasteiger partial charge in [0.2, 0.25) is 5.91 Å². The second-order valence-electron chi connectivity index (χ2n) is 9.15. The van der Waals surface area contributed by atoms with Crippen LogP contribution in [0.1, 0.15) is 43.7 Å². The molecule has 1 aliphatic carbocycles. The SMILES string of the molecule is CC(C)C(NC(=O)OCC1c2ccccc2-c2ccccc21)C(=O)N1CCCC(C(=O)O)C1. The normalized spacial score (nSPS) is 18.4. The predicted octanol–water partition coefficient (Wildman–Crippen LogP) is 3.87.